The molecule has 0 fully saturated rings. The van der Waals surface area contributed by atoms with E-state index in [1.807, 2.05) is 25.1 Å². The van der Waals surface area contributed by atoms with Crippen LogP contribution in [0.4, 0.5) is 8.78 Å². The summed E-state index contributed by atoms with van der Waals surface area (Å²) in [5, 5.41) is 0. The number of aryl methyl sites for hydroxylation is 1. The highest BCUT2D eigenvalue weighted by Crippen LogP contribution is 2.20. The average molecular weight is 293 g/mol. The molecule has 0 aliphatic carbocycles. The van der Waals surface area contributed by atoms with Crippen LogP contribution in [0.5, 0.6) is 0 Å². The molecule has 106 valence electrons. The van der Waals surface area contributed by atoms with E-state index in [1.54, 1.807) is 17.8 Å². The maximum Gasteiger partial charge on any atom is 0.159 e. The van der Waals surface area contributed by atoms with Crippen LogP contribution in [0.2, 0.25) is 0 Å². The van der Waals surface area contributed by atoms with E-state index in [-0.39, 0.29) is 6.04 Å². The van der Waals surface area contributed by atoms with Gasteiger partial charge in [0.1, 0.15) is 0 Å². The summed E-state index contributed by atoms with van der Waals surface area (Å²) >= 11 is 1.68. The van der Waals surface area contributed by atoms with Gasteiger partial charge in [-0.05, 0) is 43.2 Å². The smallest absolute Gasteiger partial charge is 0.159 e. The lowest BCUT2D eigenvalue weighted by molar-refractivity contribution is 0.506. The van der Waals surface area contributed by atoms with Gasteiger partial charge in [-0.15, -0.1) is 11.8 Å². The number of thioether (sulfide) groups is 1. The third-order valence-electron chi connectivity index (χ3n) is 2.94. The highest BCUT2D eigenvalue weighted by atomic mass is 32.2. The predicted octanol–water partition coefficient (Wildman–Crippen LogP) is 3.94. The van der Waals surface area contributed by atoms with Crippen molar-refractivity contribution in [2.45, 2.75) is 24.3 Å². The van der Waals surface area contributed by atoms with Crippen molar-refractivity contribution in [3.05, 3.63) is 65.2 Å². The van der Waals surface area contributed by atoms with Crippen molar-refractivity contribution in [2.24, 2.45) is 5.73 Å². The predicted molar refractivity (Wildman–Crippen MR) is 79.9 cm³/mol. The van der Waals surface area contributed by atoms with E-state index in [9.17, 15) is 8.78 Å². The lowest BCUT2D eigenvalue weighted by Crippen LogP contribution is -2.25. The van der Waals surface area contributed by atoms with Crippen LogP contribution in [0.25, 0.3) is 0 Å². The second-order valence-corrected chi connectivity index (χ2v) is 5.93. The average Bonchev–Trinajstić information content (AvgIpc) is 2.41. The molecule has 2 aromatic rings. The van der Waals surface area contributed by atoms with Gasteiger partial charge in [0.25, 0.3) is 0 Å². The van der Waals surface area contributed by atoms with Crippen molar-refractivity contribution in [3.8, 4) is 0 Å². The van der Waals surface area contributed by atoms with E-state index in [0.717, 1.165) is 17.4 Å². The van der Waals surface area contributed by atoms with Crippen molar-refractivity contribution < 1.29 is 8.78 Å². The van der Waals surface area contributed by atoms with Crippen LogP contribution in [0.15, 0.2) is 47.4 Å². The Morgan fingerprint density at radius 3 is 2.60 bits per heavy atom. The molecule has 20 heavy (non-hydrogen) atoms. The van der Waals surface area contributed by atoms with Crippen LogP contribution in [0.1, 0.15) is 11.1 Å². The fourth-order valence-electron chi connectivity index (χ4n) is 1.94. The van der Waals surface area contributed by atoms with Gasteiger partial charge >= 0.3 is 0 Å². The molecule has 0 radical (unpaired) electrons. The second-order valence-electron chi connectivity index (χ2n) is 4.84. The summed E-state index contributed by atoms with van der Waals surface area (Å²) in [6, 6.07) is 12.1. The minimum Gasteiger partial charge on any atom is -0.327 e. The van der Waals surface area contributed by atoms with Crippen molar-refractivity contribution in [2.75, 3.05) is 5.75 Å². The molecule has 0 spiro atoms. The second kappa shape index (κ2) is 6.86. The SMILES string of the molecule is Cc1cccc(SCC(N)Cc2ccc(F)c(F)c2)c1. The summed E-state index contributed by atoms with van der Waals surface area (Å²) in [5.41, 5.74) is 7.98. The van der Waals surface area contributed by atoms with Crippen molar-refractivity contribution >= 4 is 11.8 Å². The number of hydrogen-bond acceptors (Lipinski definition) is 2. The van der Waals surface area contributed by atoms with Gasteiger partial charge in [0, 0.05) is 16.7 Å². The molecular formula is C16H17F2NS. The quantitative estimate of drug-likeness (QED) is 0.845. The van der Waals surface area contributed by atoms with Crippen LogP contribution >= 0.6 is 11.8 Å². The van der Waals surface area contributed by atoms with Gasteiger partial charge in [-0.3, -0.25) is 0 Å². The molecule has 2 rings (SSSR count). The van der Waals surface area contributed by atoms with Crippen LogP contribution in [0, 0.1) is 18.6 Å². The maximum atomic E-state index is 13.1. The van der Waals surface area contributed by atoms with Gasteiger partial charge in [0.15, 0.2) is 11.6 Å². The van der Waals surface area contributed by atoms with E-state index in [4.69, 9.17) is 5.73 Å². The van der Waals surface area contributed by atoms with Gasteiger partial charge < -0.3 is 5.73 Å². The highest BCUT2D eigenvalue weighted by molar-refractivity contribution is 7.99. The van der Waals surface area contributed by atoms with E-state index >= 15 is 0 Å². The Kier molecular flexibility index (Phi) is 5.15. The number of benzene rings is 2. The number of nitrogens with two attached hydrogens (primary N) is 1. The first-order chi connectivity index (χ1) is 9.54. The van der Waals surface area contributed by atoms with E-state index in [0.29, 0.717) is 6.42 Å². The molecule has 1 unspecified atom stereocenters. The third-order valence-corrected chi connectivity index (χ3v) is 4.12. The Hall–Kier alpha value is -1.39. The number of halogens is 2. The number of rotatable bonds is 5. The van der Waals surface area contributed by atoms with Crippen molar-refractivity contribution in [1.82, 2.24) is 0 Å². The Balaban J connectivity index is 1.89. The van der Waals surface area contributed by atoms with Gasteiger partial charge in [-0.25, -0.2) is 8.78 Å². The summed E-state index contributed by atoms with van der Waals surface area (Å²) < 4.78 is 25.9. The molecule has 0 saturated carbocycles. The van der Waals surface area contributed by atoms with E-state index in [2.05, 4.69) is 6.07 Å². The largest absolute Gasteiger partial charge is 0.327 e. The summed E-state index contributed by atoms with van der Waals surface area (Å²) in [6.45, 7) is 2.05. The Morgan fingerprint density at radius 1 is 1.10 bits per heavy atom. The monoisotopic (exact) mass is 293 g/mol. The first-order valence-corrected chi connectivity index (χ1v) is 7.42. The first kappa shape index (κ1) is 15.0. The van der Waals surface area contributed by atoms with Gasteiger partial charge in [-0.2, -0.15) is 0 Å². The molecule has 4 heteroatoms. The third kappa shape index (κ3) is 4.32. The number of hydrogen-bond donors (Lipinski definition) is 1. The molecule has 0 amide bonds. The minimum atomic E-state index is -0.823. The molecule has 0 bridgehead atoms. The summed E-state index contributed by atoms with van der Waals surface area (Å²) in [5.74, 6) is -0.903. The minimum absolute atomic E-state index is 0.0922. The van der Waals surface area contributed by atoms with Crippen LogP contribution in [0.3, 0.4) is 0 Å². The molecule has 0 aliphatic rings. The fraction of sp³-hybridized carbons (Fsp3) is 0.250. The molecule has 0 saturated heterocycles. The standard InChI is InChI=1S/C16H17F2NS/c1-11-3-2-4-14(7-11)20-10-13(19)8-12-5-6-15(17)16(18)9-12/h2-7,9,13H,8,10,19H2,1H3. The molecule has 1 nitrogen and oxygen atoms in total. The summed E-state index contributed by atoms with van der Waals surface area (Å²) in [4.78, 5) is 1.17. The zero-order valence-corrected chi connectivity index (χ0v) is 12.1. The summed E-state index contributed by atoms with van der Waals surface area (Å²) in [7, 11) is 0. The van der Waals surface area contributed by atoms with Gasteiger partial charge in [0.05, 0.1) is 0 Å². The topological polar surface area (TPSA) is 26.0 Å². The lowest BCUT2D eigenvalue weighted by atomic mass is 10.1. The van der Waals surface area contributed by atoms with Crippen molar-refractivity contribution in [3.63, 3.8) is 0 Å². The molecule has 0 aliphatic heterocycles. The van der Waals surface area contributed by atoms with Crippen LogP contribution in [-0.2, 0) is 6.42 Å². The zero-order valence-electron chi connectivity index (χ0n) is 11.3. The first-order valence-electron chi connectivity index (χ1n) is 6.43. The lowest BCUT2D eigenvalue weighted by Gasteiger charge is -2.12. The maximum absolute atomic E-state index is 13.1. The molecule has 2 N–H and O–H groups in total. The molecule has 1 atom stereocenters. The Bertz CT molecular complexity index is 586. The van der Waals surface area contributed by atoms with Gasteiger partial charge in [-0.1, -0.05) is 23.8 Å². The molecule has 0 aromatic heterocycles. The van der Waals surface area contributed by atoms with Crippen LogP contribution < -0.4 is 5.73 Å². The normalized spacial score (nSPS) is 12.4. The Labute approximate surface area is 122 Å². The molecular weight excluding hydrogens is 276 g/mol. The molecule has 2 aromatic carbocycles. The molecule has 0 heterocycles. The van der Waals surface area contributed by atoms with E-state index in [1.165, 1.54) is 16.5 Å². The van der Waals surface area contributed by atoms with Crippen LogP contribution in [-0.4, -0.2) is 11.8 Å². The Morgan fingerprint density at radius 2 is 1.90 bits per heavy atom. The summed E-state index contributed by atoms with van der Waals surface area (Å²) in [6.07, 6.45) is 0.538. The zero-order chi connectivity index (χ0) is 14.5. The van der Waals surface area contributed by atoms with Gasteiger partial charge in [0.2, 0.25) is 0 Å². The van der Waals surface area contributed by atoms with Crippen molar-refractivity contribution in [1.29, 1.82) is 0 Å². The highest BCUT2D eigenvalue weighted by Gasteiger charge is 2.08. The van der Waals surface area contributed by atoms with E-state index < -0.39 is 11.6 Å². The fourth-order valence-corrected chi connectivity index (χ4v) is 2.91.